The second-order valence-corrected chi connectivity index (χ2v) is 6.10. The summed E-state index contributed by atoms with van der Waals surface area (Å²) in [6.45, 7) is 9.03. The lowest BCUT2D eigenvalue weighted by molar-refractivity contribution is 0.612. The van der Waals surface area contributed by atoms with Crippen LogP contribution in [0.1, 0.15) is 43.5 Å². The molecule has 0 aliphatic carbocycles. The standard InChI is InChI=1S/C18H23N7/c1-5-10-25-11-20-24-17(25)14(4)22-18-19-9-8-16(23-18)15-7-6-12(2)21-13(15)3/h6-9,11,14H,5,10H2,1-4H3,(H,19,22,23)/t14-/m0/s1. The number of aryl methyl sites for hydroxylation is 3. The van der Waals surface area contributed by atoms with Gasteiger partial charge in [0.05, 0.1) is 11.7 Å². The minimum atomic E-state index is -0.0402. The second-order valence-electron chi connectivity index (χ2n) is 6.10. The molecule has 7 heteroatoms. The number of nitrogens with zero attached hydrogens (tertiary/aromatic N) is 6. The van der Waals surface area contributed by atoms with E-state index in [1.165, 1.54) is 0 Å². The first-order valence-corrected chi connectivity index (χ1v) is 8.50. The SMILES string of the molecule is CCCn1cnnc1[C@H](C)Nc1nccc(-c2ccc(C)nc2C)n1. The molecule has 3 heterocycles. The predicted octanol–water partition coefficient (Wildman–Crippen LogP) is 3.33. The van der Waals surface area contributed by atoms with Crippen LogP contribution in [0.2, 0.25) is 0 Å². The molecule has 1 atom stereocenters. The van der Waals surface area contributed by atoms with Crippen LogP contribution in [0.15, 0.2) is 30.7 Å². The van der Waals surface area contributed by atoms with E-state index >= 15 is 0 Å². The molecule has 0 spiro atoms. The summed E-state index contributed by atoms with van der Waals surface area (Å²) in [5.41, 5.74) is 3.82. The van der Waals surface area contributed by atoms with E-state index in [1.54, 1.807) is 12.5 Å². The molecule has 0 aliphatic heterocycles. The van der Waals surface area contributed by atoms with E-state index in [4.69, 9.17) is 0 Å². The van der Waals surface area contributed by atoms with Gasteiger partial charge in [-0.25, -0.2) is 9.97 Å². The lowest BCUT2D eigenvalue weighted by Gasteiger charge is -2.15. The zero-order valence-electron chi connectivity index (χ0n) is 15.1. The minimum absolute atomic E-state index is 0.0402. The lowest BCUT2D eigenvalue weighted by atomic mass is 10.1. The van der Waals surface area contributed by atoms with Crippen LogP contribution in [-0.4, -0.2) is 29.7 Å². The molecule has 0 saturated carbocycles. The van der Waals surface area contributed by atoms with Gasteiger partial charge in [0, 0.05) is 29.7 Å². The van der Waals surface area contributed by atoms with Crippen LogP contribution in [0.3, 0.4) is 0 Å². The average Bonchev–Trinajstić information content (AvgIpc) is 3.04. The highest BCUT2D eigenvalue weighted by molar-refractivity contribution is 5.62. The molecular formula is C18H23N7. The molecular weight excluding hydrogens is 314 g/mol. The van der Waals surface area contributed by atoms with Crippen molar-refractivity contribution < 1.29 is 0 Å². The Labute approximate surface area is 147 Å². The second kappa shape index (κ2) is 7.38. The summed E-state index contributed by atoms with van der Waals surface area (Å²) >= 11 is 0. The van der Waals surface area contributed by atoms with Gasteiger partial charge in [-0.3, -0.25) is 4.98 Å². The van der Waals surface area contributed by atoms with Crippen molar-refractivity contribution in [3.8, 4) is 11.3 Å². The zero-order valence-corrected chi connectivity index (χ0v) is 15.1. The van der Waals surface area contributed by atoms with Gasteiger partial charge in [-0.1, -0.05) is 6.92 Å². The van der Waals surface area contributed by atoms with Crippen molar-refractivity contribution in [2.75, 3.05) is 5.32 Å². The van der Waals surface area contributed by atoms with Crippen molar-refractivity contribution in [3.63, 3.8) is 0 Å². The van der Waals surface area contributed by atoms with E-state index in [1.807, 2.05) is 39.0 Å². The average molecular weight is 337 g/mol. The molecule has 3 aromatic heterocycles. The molecule has 0 aliphatic rings. The highest BCUT2D eigenvalue weighted by Crippen LogP contribution is 2.22. The van der Waals surface area contributed by atoms with Crippen LogP contribution in [0.25, 0.3) is 11.3 Å². The fraction of sp³-hybridized carbons (Fsp3) is 0.389. The summed E-state index contributed by atoms with van der Waals surface area (Å²) < 4.78 is 2.05. The van der Waals surface area contributed by atoms with E-state index in [0.29, 0.717) is 5.95 Å². The first-order chi connectivity index (χ1) is 12.1. The Morgan fingerprint density at radius 1 is 1.16 bits per heavy atom. The molecule has 25 heavy (non-hydrogen) atoms. The molecule has 0 bridgehead atoms. The molecule has 0 saturated heterocycles. The van der Waals surface area contributed by atoms with E-state index in [-0.39, 0.29) is 6.04 Å². The van der Waals surface area contributed by atoms with E-state index in [9.17, 15) is 0 Å². The van der Waals surface area contributed by atoms with Gasteiger partial charge in [0.1, 0.15) is 6.33 Å². The largest absolute Gasteiger partial charge is 0.344 e. The van der Waals surface area contributed by atoms with E-state index < -0.39 is 0 Å². The van der Waals surface area contributed by atoms with Gasteiger partial charge in [0.2, 0.25) is 5.95 Å². The smallest absolute Gasteiger partial charge is 0.223 e. The van der Waals surface area contributed by atoms with Crippen molar-refractivity contribution in [2.45, 2.75) is 46.7 Å². The predicted molar refractivity (Wildman–Crippen MR) is 97.1 cm³/mol. The number of anilines is 1. The maximum Gasteiger partial charge on any atom is 0.223 e. The molecule has 3 aromatic rings. The van der Waals surface area contributed by atoms with Gasteiger partial charge >= 0.3 is 0 Å². The first kappa shape index (κ1) is 17.0. The molecule has 1 N–H and O–H groups in total. The van der Waals surface area contributed by atoms with Crippen molar-refractivity contribution in [1.82, 2.24) is 29.7 Å². The van der Waals surface area contributed by atoms with Gasteiger partial charge in [-0.2, -0.15) is 0 Å². The van der Waals surface area contributed by atoms with Gasteiger partial charge in [0.15, 0.2) is 5.82 Å². The number of hydrogen-bond acceptors (Lipinski definition) is 6. The maximum atomic E-state index is 4.64. The number of hydrogen-bond donors (Lipinski definition) is 1. The fourth-order valence-corrected chi connectivity index (χ4v) is 2.81. The van der Waals surface area contributed by atoms with E-state index in [0.717, 1.165) is 41.4 Å². The Hall–Kier alpha value is -2.83. The Balaban J connectivity index is 1.83. The number of pyridine rings is 1. The van der Waals surface area contributed by atoms with Crippen LogP contribution in [0.4, 0.5) is 5.95 Å². The highest BCUT2D eigenvalue weighted by atomic mass is 15.3. The quantitative estimate of drug-likeness (QED) is 0.743. The summed E-state index contributed by atoms with van der Waals surface area (Å²) in [6, 6.07) is 5.90. The molecule has 0 fully saturated rings. The Kier molecular flexibility index (Phi) is 5.02. The van der Waals surface area contributed by atoms with Gasteiger partial charge in [-0.15, -0.1) is 10.2 Å². The number of nitrogens with one attached hydrogen (secondary N) is 1. The van der Waals surface area contributed by atoms with Crippen LogP contribution >= 0.6 is 0 Å². The third-order valence-electron chi connectivity index (χ3n) is 4.00. The molecule has 130 valence electrons. The third-order valence-corrected chi connectivity index (χ3v) is 4.00. The molecule has 0 amide bonds. The molecule has 0 radical (unpaired) electrons. The van der Waals surface area contributed by atoms with Gasteiger partial charge in [0.25, 0.3) is 0 Å². The van der Waals surface area contributed by atoms with Crippen molar-refractivity contribution in [2.24, 2.45) is 0 Å². The summed E-state index contributed by atoms with van der Waals surface area (Å²) in [5, 5.41) is 11.6. The van der Waals surface area contributed by atoms with Crippen molar-refractivity contribution in [3.05, 3.63) is 47.9 Å². The summed E-state index contributed by atoms with van der Waals surface area (Å²) in [4.78, 5) is 13.5. The lowest BCUT2D eigenvalue weighted by Crippen LogP contribution is -2.15. The topological polar surface area (TPSA) is 81.4 Å². The van der Waals surface area contributed by atoms with Crippen LogP contribution in [-0.2, 0) is 6.54 Å². The molecule has 0 unspecified atom stereocenters. The van der Waals surface area contributed by atoms with Gasteiger partial charge in [-0.05, 0) is 45.4 Å². The number of rotatable bonds is 6. The molecule has 3 rings (SSSR count). The Bertz CT molecular complexity index is 856. The molecule has 7 nitrogen and oxygen atoms in total. The van der Waals surface area contributed by atoms with Crippen LogP contribution in [0, 0.1) is 13.8 Å². The fourth-order valence-electron chi connectivity index (χ4n) is 2.81. The Morgan fingerprint density at radius 3 is 2.76 bits per heavy atom. The number of aromatic nitrogens is 6. The summed E-state index contributed by atoms with van der Waals surface area (Å²) in [6.07, 6.45) is 4.55. The summed E-state index contributed by atoms with van der Waals surface area (Å²) in [5.74, 6) is 1.44. The Morgan fingerprint density at radius 2 is 2.00 bits per heavy atom. The highest BCUT2D eigenvalue weighted by Gasteiger charge is 2.14. The monoisotopic (exact) mass is 337 g/mol. The van der Waals surface area contributed by atoms with Crippen LogP contribution < -0.4 is 5.32 Å². The van der Waals surface area contributed by atoms with Crippen LogP contribution in [0.5, 0.6) is 0 Å². The normalized spacial score (nSPS) is 12.2. The first-order valence-electron chi connectivity index (χ1n) is 8.50. The van der Waals surface area contributed by atoms with Gasteiger partial charge < -0.3 is 9.88 Å². The summed E-state index contributed by atoms with van der Waals surface area (Å²) in [7, 11) is 0. The minimum Gasteiger partial charge on any atom is -0.344 e. The molecule has 0 aromatic carbocycles. The third kappa shape index (κ3) is 3.81. The van der Waals surface area contributed by atoms with Crippen molar-refractivity contribution >= 4 is 5.95 Å². The van der Waals surface area contributed by atoms with E-state index in [2.05, 4.69) is 42.0 Å². The zero-order chi connectivity index (χ0) is 17.8. The van der Waals surface area contributed by atoms with Crippen molar-refractivity contribution in [1.29, 1.82) is 0 Å². The maximum absolute atomic E-state index is 4.64.